The Morgan fingerprint density at radius 3 is 2.37 bits per heavy atom. The van der Waals surface area contributed by atoms with E-state index in [2.05, 4.69) is 31.9 Å². The van der Waals surface area contributed by atoms with Gasteiger partial charge in [0.1, 0.15) is 0 Å². The summed E-state index contributed by atoms with van der Waals surface area (Å²) in [5.41, 5.74) is 0. The molecule has 106 valence electrons. The van der Waals surface area contributed by atoms with Crippen molar-refractivity contribution in [2.24, 2.45) is 0 Å². The van der Waals surface area contributed by atoms with Crippen molar-refractivity contribution >= 4 is 41.9 Å². The molecule has 0 saturated carbocycles. The summed E-state index contributed by atoms with van der Waals surface area (Å²) >= 11 is 6.50. The van der Waals surface area contributed by atoms with E-state index < -0.39 is 15.1 Å². The third-order valence-corrected chi connectivity index (χ3v) is 6.47. The molecule has 0 fully saturated rings. The lowest BCUT2D eigenvalue weighted by molar-refractivity contribution is -0.620. The monoisotopic (exact) mass is 414 g/mol. The Morgan fingerprint density at radius 1 is 1.32 bits per heavy atom. The van der Waals surface area contributed by atoms with Gasteiger partial charge in [-0.3, -0.25) is 0 Å². The van der Waals surface area contributed by atoms with Crippen LogP contribution in [0.2, 0.25) is 0 Å². The van der Waals surface area contributed by atoms with Crippen LogP contribution in [0, 0.1) is 10.1 Å². The molecule has 0 aliphatic heterocycles. The molecule has 0 bridgehead atoms. The average molecular weight is 416 g/mol. The molecule has 19 heavy (non-hydrogen) atoms. The number of benzene rings is 1. The predicted molar refractivity (Wildman–Crippen MR) is 78.5 cm³/mol. The zero-order chi connectivity index (χ0) is 14.5. The van der Waals surface area contributed by atoms with Crippen LogP contribution in [0.1, 0.15) is 6.42 Å². The van der Waals surface area contributed by atoms with Crippen LogP contribution in [-0.2, 0) is 10.0 Å². The van der Waals surface area contributed by atoms with Gasteiger partial charge in [0, 0.05) is 10.2 Å². The highest BCUT2D eigenvalue weighted by Crippen LogP contribution is 2.17. The van der Waals surface area contributed by atoms with Crippen molar-refractivity contribution in [3.8, 4) is 0 Å². The third kappa shape index (κ3) is 4.43. The Balaban J connectivity index is 2.96. The summed E-state index contributed by atoms with van der Waals surface area (Å²) in [7, 11) is -4.11. The molecule has 0 spiro atoms. The topological polar surface area (TPSA) is 80.5 Å². The molecule has 0 radical (unpaired) electrons. The standard InChI is InChI=1S/C10H12Br2N2O4S/c11-8-9(12)6-7-13(14(15)16)19(17,18)10-4-2-1-3-5-10/h1-5,9H,6-8H2/t9-/m1/s1. The van der Waals surface area contributed by atoms with Crippen LogP contribution in [-0.4, -0.2) is 34.6 Å². The first-order valence-corrected chi connectivity index (χ1v) is 8.79. The molecule has 0 unspecified atom stereocenters. The van der Waals surface area contributed by atoms with Gasteiger partial charge < -0.3 is 0 Å². The molecule has 0 amide bonds. The highest BCUT2D eigenvalue weighted by atomic mass is 79.9. The first-order chi connectivity index (χ1) is 8.89. The average Bonchev–Trinajstić information content (AvgIpc) is 2.39. The minimum absolute atomic E-state index is 0.0269. The summed E-state index contributed by atoms with van der Waals surface area (Å²) in [5.74, 6) is 0. The molecular formula is C10H12Br2N2O4S. The van der Waals surface area contributed by atoms with E-state index in [-0.39, 0.29) is 20.7 Å². The minimum atomic E-state index is -4.11. The highest BCUT2D eigenvalue weighted by Gasteiger charge is 2.32. The second kappa shape index (κ2) is 7.20. The van der Waals surface area contributed by atoms with Gasteiger partial charge in [0.05, 0.1) is 11.4 Å². The van der Waals surface area contributed by atoms with Gasteiger partial charge in [0.2, 0.25) is 0 Å². The maximum Gasteiger partial charge on any atom is 0.313 e. The minimum Gasteiger partial charge on any atom is -0.234 e. The predicted octanol–water partition coefficient (Wildman–Crippen LogP) is 2.42. The van der Waals surface area contributed by atoms with Crippen LogP contribution < -0.4 is 0 Å². The van der Waals surface area contributed by atoms with Crippen LogP contribution in [0.3, 0.4) is 0 Å². The molecule has 0 saturated heterocycles. The van der Waals surface area contributed by atoms with E-state index in [1.54, 1.807) is 6.07 Å². The fourth-order valence-corrected chi connectivity index (χ4v) is 3.13. The summed E-state index contributed by atoms with van der Waals surface area (Å²) in [5, 5.41) is 10.6. The number of hydrogen-bond donors (Lipinski definition) is 0. The number of alkyl halides is 2. The summed E-state index contributed by atoms with van der Waals surface area (Å²) < 4.78 is 24.5. The third-order valence-electron chi connectivity index (χ3n) is 2.30. The summed E-state index contributed by atoms with van der Waals surface area (Å²) in [6, 6.07) is 7.37. The number of hydrazine groups is 1. The molecule has 6 nitrogen and oxygen atoms in total. The fraction of sp³-hybridized carbons (Fsp3) is 0.400. The molecule has 0 heterocycles. The Kier molecular flexibility index (Phi) is 6.21. The molecule has 0 aromatic heterocycles. The Labute approximate surface area is 128 Å². The van der Waals surface area contributed by atoms with E-state index in [9.17, 15) is 18.5 Å². The van der Waals surface area contributed by atoms with Crippen molar-refractivity contribution in [1.29, 1.82) is 0 Å². The van der Waals surface area contributed by atoms with Gasteiger partial charge in [-0.15, -0.1) is 0 Å². The summed E-state index contributed by atoms with van der Waals surface area (Å²) in [6.45, 7) is -0.189. The van der Waals surface area contributed by atoms with Gasteiger partial charge in [-0.2, -0.15) is 8.42 Å². The van der Waals surface area contributed by atoms with Crippen LogP contribution in [0.5, 0.6) is 0 Å². The summed E-state index contributed by atoms with van der Waals surface area (Å²) in [4.78, 5) is 10.8. The largest absolute Gasteiger partial charge is 0.313 e. The maximum absolute atomic E-state index is 12.1. The normalized spacial score (nSPS) is 12.9. The first-order valence-electron chi connectivity index (χ1n) is 5.31. The molecule has 0 aliphatic rings. The number of sulfonamides is 1. The number of hydrogen-bond acceptors (Lipinski definition) is 4. The molecule has 1 atom stereocenters. The molecule has 9 heteroatoms. The number of halogens is 2. The van der Waals surface area contributed by atoms with Gasteiger partial charge in [-0.05, 0) is 23.0 Å². The zero-order valence-corrected chi connectivity index (χ0v) is 13.8. The van der Waals surface area contributed by atoms with Crippen molar-refractivity contribution in [3.05, 3.63) is 40.4 Å². The summed E-state index contributed by atoms with van der Waals surface area (Å²) in [6.07, 6.45) is 0.332. The Morgan fingerprint density at radius 2 is 1.89 bits per heavy atom. The lowest BCUT2D eigenvalue weighted by Crippen LogP contribution is -2.37. The molecule has 1 aromatic carbocycles. The van der Waals surface area contributed by atoms with Gasteiger partial charge >= 0.3 is 10.0 Å². The van der Waals surface area contributed by atoms with E-state index in [1.165, 1.54) is 24.3 Å². The Hall–Kier alpha value is -0.670. The van der Waals surface area contributed by atoms with Crippen LogP contribution in [0.15, 0.2) is 35.2 Å². The van der Waals surface area contributed by atoms with Crippen molar-refractivity contribution in [1.82, 2.24) is 4.41 Å². The van der Waals surface area contributed by atoms with Crippen LogP contribution >= 0.6 is 31.9 Å². The second-order valence-corrected chi connectivity index (χ2v) is 7.43. The van der Waals surface area contributed by atoms with Crippen molar-refractivity contribution in [2.75, 3.05) is 11.9 Å². The Bertz CT molecular complexity index is 524. The molecule has 0 aliphatic carbocycles. The van der Waals surface area contributed by atoms with Gasteiger partial charge in [0.25, 0.3) is 0 Å². The van der Waals surface area contributed by atoms with Gasteiger partial charge in [-0.25, -0.2) is 10.1 Å². The van der Waals surface area contributed by atoms with Crippen molar-refractivity contribution < 1.29 is 13.5 Å². The second-order valence-electron chi connectivity index (χ2n) is 3.64. The molecule has 1 aromatic rings. The number of nitro groups is 1. The van der Waals surface area contributed by atoms with E-state index in [0.29, 0.717) is 11.8 Å². The van der Waals surface area contributed by atoms with Gasteiger partial charge in [0.15, 0.2) is 5.03 Å². The smallest absolute Gasteiger partial charge is 0.234 e. The van der Waals surface area contributed by atoms with Crippen LogP contribution in [0.4, 0.5) is 0 Å². The SMILES string of the molecule is O=[N+]([O-])N(CC[C@@H](Br)CBr)S(=O)(=O)c1ccccc1. The van der Waals surface area contributed by atoms with Crippen LogP contribution in [0.25, 0.3) is 0 Å². The fourth-order valence-electron chi connectivity index (χ4n) is 1.33. The van der Waals surface area contributed by atoms with Gasteiger partial charge in [-0.1, -0.05) is 50.1 Å². The lowest BCUT2D eigenvalue weighted by atomic mass is 10.3. The van der Waals surface area contributed by atoms with E-state index in [4.69, 9.17) is 0 Å². The maximum atomic E-state index is 12.1. The first kappa shape index (κ1) is 16.4. The van der Waals surface area contributed by atoms with Crippen molar-refractivity contribution in [2.45, 2.75) is 16.1 Å². The highest BCUT2D eigenvalue weighted by molar-refractivity contribution is 9.12. The lowest BCUT2D eigenvalue weighted by Gasteiger charge is -2.15. The number of rotatable bonds is 7. The molecule has 1 rings (SSSR count). The quantitative estimate of drug-likeness (QED) is 0.389. The van der Waals surface area contributed by atoms with E-state index in [0.717, 1.165) is 0 Å². The number of nitrogens with zero attached hydrogens (tertiary/aromatic N) is 2. The van der Waals surface area contributed by atoms with E-state index in [1.807, 2.05) is 0 Å². The molecular weight excluding hydrogens is 404 g/mol. The van der Waals surface area contributed by atoms with Crippen molar-refractivity contribution in [3.63, 3.8) is 0 Å². The molecule has 0 N–H and O–H groups in total. The van der Waals surface area contributed by atoms with E-state index >= 15 is 0 Å². The zero-order valence-electron chi connectivity index (χ0n) is 9.78.